The summed E-state index contributed by atoms with van der Waals surface area (Å²) in [6, 6.07) is 10.1. The summed E-state index contributed by atoms with van der Waals surface area (Å²) in [4.78, 5) is 25.7. The molecule has 1 heterocycles. The number of benzene rings is 1. The summed E-state index contributed by atoms with van der Waals surface area (Å²) >= 11 is 0. The molecule has 2 amide bonds. The van der Waals surface area contributed by atoms with Crippen LogP contribution >= 0.6 is 0 Å². The number of carbonyl (C=O) groups is 2. The van der Waals surface area contributed by atoms with Gasteiger partial charge in [-0.25, -0.2) is 0 Å². The molecule has 0 aliphatic heterocycles. The van der Waals surface area contributed by atoms with Crippen LogP contribution in [-0.4, -0.2) is 29.8 Å². The van der Waals surface area contributed by atoms with E-state index in [0.717, 1.165) is 0 Å². The number of carbonyl (C=O) groups excluding carboxylic acids is 2. The molecule has 0 radical (unpaired) electrons. The fraction of sp³-hybridized carbons (Fsp3) is 0.250. The van der Waals surface area contributed by atoms with Crippen LogP contribution in [0.5, 0.6) is 0 Å². The average molecular weight is 286 g/mol. The van der Waals surface area contributed by atoms with Crippen LogP contribution in [0, 0.1) is 0 Å². The van der Waals surface area contributed by atoms with Crippen molar-refractivity contribution in [3.8, 4) is 0 Å². The third-order valence-electron chi connectivity index (χ3n) is 3.19. The zero-order chi connectivity index (χ0) is 15.2. The fourth-order valence-corrected chi connectivity index (χ4v) is 1.99. The lowest BCUT2D eigenvalue weighted by atomic mass is 10.1. The minimum absolute atomic E-state index is 0.0103. The normalized spacial score (nSPS) is 10.2. The van der Waals surface area contributed by atoms with Gasteiger partial charge in [-0.3, -0.25) is 9.59 Å². The molecular formula is C16H18N2O3. The highest BCUT2D eigenvalue weighted by atomic mass is 16.3. The zero-order valence-corrected chi connectivity index (χ0v) is 12.1. The standard InChI is InChI=1S/C16H18N2O3/c1-3-18(4-2)16(20)12-7-9-13(10-8-12)17-15(19)14-6-5-11-21-14/h5-11H,3-4H2,1-2H3,(H,17,19). The van der Waals surface area contributed by atoms with E-state index in [9.17, 15) is 9.59 Å². The molecule has 0 saturated heterocycles. The molecule has 0 bridgehead atoms. The van der Waals surface area contributed by atoms with E-state index >= 15 is 0 Å². The number of nitrogens with zero attached hydrogens (tertiary/aromatic N) is 1. The highest BCUT2D eigenvalue weighted by molar-refractivity contribution is 6.02. The van der Waals surface area contributed by atoms with Crippen molar-refractivity contribution in [3.63, 3.8) is 0 Å². The second kappa shape index (κ2) is 6.74. The number of hydrogen-bond acceptors (Lipinski definition) is 3. The van der Waals surface area contributed by atoms with Crippen LogP contribution in [-0.2, 0) is 0 Å². The summed E-state index contributed by atoms with van der Waals surface area (Å²) < 4.78 is 5.02. The SMILES string of the molecule is CCN(CC)C(=O)c1ccc(NC(=O)c2ccco2)cc1. The van der Waals surface area contributed by atoms with Gasteiger partial charge < -0.3 is 14.6 Å². The molecule has 21 heavy (non-hydrogen) atoms. The Morgan fingerprint density at radius 3 is 2.29 bits per heavy atom. The topological polar surface area (TPSA) is 62.6 Å². The molecule has 1 N–H and O–H groups in total. The molecule has 2 rings (SSSR count). The second-order valence-corrected chi connectivity index (χ2v) is 4.49. The van der Waals surface area contributed by atoms with Gasteiger partial charge in [-0.2, -0.15) is 0 Å². The van der Waals surface area contributed by atoms with Crippen molar-refractivity contribution in [2.45, 2.75) is 13.8 Å². The summed E-state index contributed by atoms with van der Waals surface area (Å²) in [5.74, 6) is -0.0787. The third kappa shape index (κ3) is 3.51. The number of hydrogen-bond donors (Lipinski definition) is 1. The molecule has 5 nitrogen and oxygen atoms in total. The lowest BCUT2D eigenvalue weighted by Gasteiger charge is -2.18. The maximum atomic E-state index is 12.2. The largest absolute Gasteiger partial charge is 0.459 e. The summed E-state index contributed by atoms with van der Waals surface area (Å²) in [5, 5.41) is 2.71. The van der Waals surface area contributed by atoms with Gasteiger partial charge in [0.2, 0.25) is 0 Å². The molecule has 5 heteroatoms. The minimum atomic E-state index is -0.317. The predicted molar refractivity (Wildman–Crippen MR) is 80.4 cm³/mol. The van der Waals surface area contributed by atoms with Crippen molar-refractivity contribution in [1.82, 2.24) is 4.90 Å². The Balaban J connectivity index is 2.05. The van der Waals surface area contributed by atoms with Crippen LogP contribution in [0.15, 0.2) is 47.1 Å². The first-order valence-corrected chi connectivity index (χ1v) is 6.90. The van der Waals surface area contributed by atoms with Crippen molar-refractivity contribution in [2.24, 2.45) is 0 Å². The van der Waals surface area contributed by atoms with Gasteiger partial charge in [0.05, 0.1) is 6.26 Å². The molecule has 1 aromatic heterocycles. The van der Waals surface area contributed by atoms with Gasteiger partial charge in [0.15, 0.2) is 5.76 Å². The predicted octanol–water partition coefficient (Wildman–Crippen LogP) is 3.01. The Labute approximate surface area is 123 Å². The first kappa shape index (κ1) is 14.8. The van der Waals surface area contributed by atoms with Gasteiger partial charge in [-0.05, 0) is 50.2 Å². The van der Waals surface area contributed by atoms with Crippen LogP contribution in [0.1, 0.15) is 34.8 Å². The Morgan fingerprint density at radius 1 is 1.10 bits per heavy atom. The molecule has 110 valence electrons. The van der Waals surface area contributed by atoms with E-state index in [2.05, 4.69) is 5.32 Å². The number of rotatable bonds is 5. The highest BCUT2D eigenvalue weighted by Gasteiger charge is 2.13. The van der Waals surface area contributed by atoms with Gasteiger partial charge in [0.1, 0.15) is 0 Å². The average Bonchev–Trinajstić information content (AvgIpc) is 3.03. The number of furan rings is 1. The Bertz CT molecular complexity index is 599. The number of amides is 2. The first-order chi connectivity index (χ1) is 10.2. The van der Waals surface area contributed by atoms with Crippen molar-refractivity contribution >= 4 is 17.5 Å². The first-order valence-electron chi connectivity index (χ1n) is 6.90. The molecule has 0 fully saturated rings. The van der Waals surface area contributed by atoms with Crippen LogP contribution < -0.4 is 5.32 Å². The summed E-state index contributed by atoms with van der Waals surface area (Å²) in [6.45, 7) is 5.23. The Kier molecular flexibility index (Phi) is 4.77. The molecule has 0 unspecified atom stereocenters. The lowest BCUT2D eigenvalue weighted by molar-refractivity contribution is 0.0773. The quantitative estimate of drug-likeness (QED) is 0.919. The maximum absolute atomic E-state index is 12.2. The van der Waals surface area contributed by atoms with Crippen LogP contribution in [0.3, 0.4) is 0 Å². The smallest absolute Gasteiger partial charge is 0.291 e. The van der Waals surface area contributed by atoms with E-state index in [4.69, 9.17) is 4.42 Å². The molecule has 0 aliphatic carbocycles. The second-order valence-electron chi connectivity index (χ2n) is 4.49. The third-order valence-corrected chi connectivity index (χ3v) is 3.19. The van der Waals surface area contributed by atoms with E-state index < -0.39 is 0 Å². The van der Waals surface area contributed by atoms with Gasteiger partial charge in [0, 0.05) is 24.3 Å². The van der Waals surface area contributed by atoms with E-state index in [1.807, 2.05) is 13.8 Å². The van der Waals surface area contributed by atoms with E-state index in [0.29, 0.717) is 24.3 Å². The molecule has 2 aromatic rings. The lowest BCUT2D eigenvalue weighted by Crippen LogP contribution is -2.30. The van der Waals surface area contributed by atoms with Gasteiger partial charge in [-0.15, -0.1) is 0 Å². The molecule has 0 spiro atoms. The van der Waals surface area contributed by atoms with E-state index in [1.165, 1.54) is 6.26 Å². The van der Waals surface area contributed by atoms with Crippen molar-refractivity contribution < 1.29 is 14.0 Å². The summed E-state index contributed by atoms with van der Waals surface area (Å²) in [6.07, 6.45) is 1.45. The number of nitrogens with one attached hydrogen (secondary N) is 1. The van der Waals surface area contributed by atoms with Gasteiger partial charge >= 0.3 is 0 Å². The summed E-state index contributed by atoms with van der Waals surface area (Å²) in [7, 11) is 0. The van der Waals surface area contributed by atoms with Gasteiger partial charge in [0.25, 0.3) is 11.8 Å². The maximum Gasteiger partial charge on any atom is 0.291 e. The monoisotopic (exact) mass is 286 g/mol. The molecule has 1 aromatic carbocycles. The van der Waals surface area contributed by atoms with Crippen molar-refractivity contribution in [3.05, 3.63) is 54.0 Å². The number of anilines is 1. The molecule has 0 saturated carbocycles. The Morgan fingerprint density at radius 2 is 1.76 bits per heavy atom. The minimum Gasteiger partial charge on any atom is -0.459 e. The highest BCUT2D eigenvalue weighted by Crippen LogP contribution is 2.13. The summed E-state index contributed by atoms with van der Waals surface area (Å²) in [5.41, 5.74) is 1.22. The van der Waals surface area contributed by atoms with Crippen LogP contribution in [0.25, 0.3) is 0 Å². The van der Waals surface area contributed by atoms with Crippen molar-refractivity contribution in [1.29, 1.82) is 0 Å². The van der Waals surface area contributed by atoms with Crippen LogP contribution in [0.2, 0.25) is 0 Å². The van der Waals surface area contributed by atoms with Crippen molar-refractivity contribution in [2.75, 3.05) is 18.4 Å². The zero-order valence-electron chi connectivity index (χ0n) is 12.1. The molecular weight excluding hydrogens is 268 g/mol. The fourth-order valence-electron chi connectivity index (χ4n) is 1.99. The van der Waals surface area contributed by atoms with Gasteiger partial charge in [-0.1, -0.05) is 0 Å². The molecule has 0 aliphatic rings. The Hall–Kier alpha value is -2.56. The van der Waals surface area contributed by atoms with E-state index in [-0.39, 0.29) is 17.6 Å². The molecule has 0 atom stereocenters. The van der Waals surface area contributed by atoms with Crippen LogP contribution in [0.4, 0.5) is 5.69 Å². The van der Waals surface area contributed by atoms with E-state index in [1.54, 1.807) is 41.3 Å².